The Labute approximate surface area is 92.0 Å². The zero-order valence-electron chi connectivity index (χ0n) is 7.68. The van der Waals surface area contributed by atoms with Crippen LogP contribution in [-0.4, -0.2) is 17.0 Å². The van der Waals surface area contributed by atoms with Gasteiger partial charge in [0.05, 0.1) is 5.69 Å². The van der Waals surface area contributed by atoms with E-state index in [1.807, 2.05) is 0 Å². The zero-order valence-corrected chi connectivity index (χ0v) is 8.57. The number of carboxylic acids is 1. The van der Waals surface area contributed by atoms with Crippen molar-refractivity contribution in [1.29, 1.82) is 0 Å². The van der Waals surface area contributed by atoms with Gasteiger partial charge >= 0.3 is 5.97 Å². The van der Waals surface area contributed by atoms with Crippen LogP contribution in [0.5, 0.6) is 0 Å². The molecule has 0 saturated carbocycles. The van der Waals surface area contributed by atoms with Crippen LogP contribution in [0.25, 0.3) is 0 Å². The standard InChI is InChI=1S/C10H9NO3S/c12-9(5-6-10(13)14)11-7-3-1-2-4-8(7)15/h1-6,15H,(H,11,12)(H,13,14)/b6-5+. The van der Waals surface area contributed by atoms with Crippen molar-refractivity contribution in [1.82, 2.24) is 0 Å². The van der Waals surface area contributed by atoms with E-state index in [9.17, 15) is 9.59 Å². The Bertz CT molecular complexity index is 415. The van der Waals surface area contributed by atoms with E-state index in [1.165, 1.54) is 0 Å². The molecule has 0 aliphatic carbocycles. The number of benzene rings is 1. The van der Waals surface area contributed by atoms with Crippen LogP contribution in [0, 0.1) is 0 Å². The highest BCUT2D eigenvalue weighted by atomic mass is 32.1. The Morgan fingerprint density at radius 3 is 2.53 bits per heavy atom. The maximum atomic E-state index is 11.2. The molecule has 0 radical (unpaired) electrons. The highest BCUT2D eigenvalue weighted by Gasteiger charge is 2.01. The molecule has 0 saturated heterocycles. The average Bonchev–Trinajstić information content (AvgIpc) is 2.18. The largest absolute Gasteiger partial charge is 0.478 e. The second-order valence-corrected chi connectivity index (χ2v) is 3.16. The first kappa shape index (κ1) is 11.3. The topological polar surface area (TPSA) is 66.4 Å². The number of nitrogens with one attached hydrogen (secondary N) is 1. The fourth-order valence-electron chi connectivity index (χ4n) is 0.901. The number of amides is 1. The van der Waals surface area contributed by atoms with Crippen LogP contribution < -0.4 is 5.32 Å². The molecule has 4 nitrogen and oxygen atoms in total. The summed E-state index contributed by atoms with van der Waals surface area (Å²) in [6, 6.07) is 6.93. The highest BCUT2D eigenvalue weighted by Crippen LogP contribution is 2.18. The molecule has 0 atom stereocenters. The minimum absolute atomic E-state index is 0.501. The third kappa shape index (κ3) is 3.86. The maximum absolute atomic E-state index is 11.2. The summed E-state index contributed by atoms with van der Waals surface area (Å²) in [5, 5.41) is 10.8. The number of carbonyl (C=O) groups is 2. The lowest BCUT2D eigenvalue weighted by molar-refractivity contribution is -0.131. The predicted octanol–water partition coefficient (Wildman–Crippen LogP) is 1.55. The van der Waals surface area contributed by atoms with E-state index in [-0.39, 0.29) is 0 Å². The smallest absolute Gasteiger partial charge is 0.328 e. The molecule has 0 aliphatic rings. The Morgan fingerprint density at radius 1 is 1.27 bits per heavy atom. The van der Waals surface area contributed by atoms with Crippen LogP contribution in [0.3, 0.4) is 0 Å². The molecule has 1 aromatic carbocycles. The minimum Gasteiger partial charge on any atom is -0.478 e. The van der Waals surface area contributed by atoms with Gasteiger partial charge in [0.1, 0.15) is 0 Å². The van der Waals surface area contributed by atoms with Crippen molar-refractivity contribution >= 4 is 30.2 Å². The lowest BCUT2D eigenvalue weighted by atomic mass is 10.3. The molecular weight excluding hydrogens is 214 g/mol. The molecule has 0 aliphatic heterocycles. The minimum atomic E-state index is -1.16. The molecule has 78 valence electrons. The molecule has 0 spiro atoms. The summed E-state index contributed by atoms with van der Waals surface area (Å²) in [4.78, 5) is 21.9. The van der Waals surface area contributed by atoms with E-state index < -0.39 is 11.9 Å². The van der Waals surface area contributed by atoms with Crippen molar-refractivity contribution in [3.8, 4) is 0 Å². The van der Waals surface area contributed by atoms with Crippen molar-refractivity contribution in [3.05, 3.63) is 36.4 Å². The van der Waals surface area contributed by atoms with E-state index in [0.29, 0.717) is 10.6 Å². The van der Waals surface area contributed by atoms with E-state index in [4.69, 9.17) is 5.11 Å². The van der Waals surface area contributed by atoms with Crippen molar-refractivity contribution in [2.24, 2.45) is 0 Å². The van der Waals surface area contributed by atoms with Crippen LogP contribution in [0.1, 0.15) is 0 Å². The average molecular weight is 223 g/mol. The highest BCUT2D eigenvalue weighted by molar-refractivity contribution is 7.80. The van der Waals surface area contributed by atoms with Gasteiger partial charge in [-0.15, -0.1) is 12.6 Å². The van der Waals surface area contributed by atoms with Gasteiger partial charge < -0.3 is 10.4 Å². The predicted molar refractivity (Wildman–Crippen MR) is 59.1 cm³/mol. The second kappa shape index (κ2) is 5.21. The number of carbonyl (C=O) groups excluding carboxylic acids is 1. The van der Waals surface area contributed by atoms with E-state index in [1.54, 1.807) is 24.3 Å². The summed E-state index contributed by atoms with van der Waals surface area (Å²) < 4.78 is 0. The van der Waals surface area contributed by atoms with Crippen molar-refractivity contribution in [3.63, 3.8) is 0 Å². The summed E-state index contributed by atoms with van der Waals surface area (Å²) in [7, 11) is 0. The van der Waals surface area contributed by atoms with Crippen LogP contribution in [0.4, 0.5) is 5.69 Å². The quantitative estimate of drug-likeness (QED) is 0.538. The van der Waals surface area contributed by atoms with Crippen LogP contribution in [0.2, 0.25) is 0 Å². The Hall–Kier alpha value is -1.75. The van der Waals surface area contributed by atoms with Crippen molar-refractivity contribution in [2.45, 2.75) is 4.90 Å². The molecule has 1 aromatic rings. The first-order valence-electron chi connectivity index (χ1n) is 4.09. The van der Waals surface area contributed by atoms with Crippen LogP contribution in [-0.2, 0) is 9.59 Å². The zero-order chi connectivity index (χ0) is 11.3. The monoisotopic (exact) mass is 223 g/mol. The Kier molecular flexibility index (Phi) is 3.93. The number of rotatable bonds is 3. The van der Waals surface area contributed by atoms with Gasteiger partial charge in [0.25, 0.3) is 0 Å². The normalized spacial score (nSPS) is 10.2. The first-order valence-corrected chi connectivity index (χ1v) is 4.54. The molecule has 2 N–H and O–H groups in total. The lowest BCUT2D eigenvalue weighted by Gasteiger charge is -2.03. The second-order valence-electron chi connectivity index (χ2n) is 2.68. The van der Waals surface area contributed by atoms with Gasteiger partial charge in [0.2, 0.25) is 5.91 Å². The van der Waals surface area contributed by atoms with Crippen molar-refractivity contribution < 1.29 is 14.7 Å². The summed E-state index contributed by atoms with van der Waals surface area (Å²) >= 11 is 4.13. The number of hydrogen-bond donors (Lipinski definition) is 3. The molecule has 0 unspecified atom stereocenters. The van der Waals surface area contributed by atoms with Gasteiger partial charge in [-0.2, -0.15) is 0 Å². The van der Waals surface area contributed by atoms with E-state index >= 15 is 0 Å². The van der Waals surface area contributed by atoms with E-state index in [0.717, 1.165) is 12.2 Å². The molecule has 0 fully saturated rings. The summed E-state index contributed by atoms with van der Waals surface area (Å²) in [5.41, 5.74) is 0.542. The summed E-state index contributed by atoms with van der Waals surface area (Å²) in [5.74, 6) is -1.66. The summed E-state index contributed by atoms with van der Waals surface area (Å²) in [6.45, 7) is 0. The van der Waals surface area contributed by atoms with Crippen LogP contribution in [0.15, 0.2) is 41.3 Å². The molecule has 0 heterocycles. The SMILES string of the molecule is O=C(O)/C=C/C(=O)Nc1ccccc1S. The number of hydrogen-bond acceptors (Lipinski definition) is 3. The van der Waals surface area contributed by atoms with E-state index in [2.05, 4.69) is 17.9 Å². The molecule has 5 heteroatoms. The third-order valence-electron chi connectivity index (χ3n) is 1.54. The molecule has 1 rings (SSSR count). The molecular formula is C10H9NO3S. The molecule has 15 heavy (non-hydrogen) atoms. The lowest BCUT2D eigenvalue weighted by Crippen LogP contribution is -2.09. The Balaban J connectivity index is 2.67. The van der Waals surface area contributed by atoms with Gasteiger partial charge in [-0.3, -0.25) is 4.79 Å². The molecule has 0 aromatic heterocycles. The fraction of sp³-hybridized carbons (Fsp3) is 0. The number of carboxylic acid groups (broad SMARTS) is 1. The van der Waals surface area contributed by atoms with Gasteiger partial charge in [-0.1, -0.05) is 12.1 Å². The van der Waals surface area contributed by atoms with Gasteiger partial charge in [-0.05, 0) is 12.1 Å². The number of aliphatic carboxylic acids is 1. The third-order valence-corrected chi connectivity index (χ3v) is 1.93. The number of para-hydroxylation sites is 1. The Morgan fingerprint density at radius 2 is 1.93 bits per heavy atom. The van der Waals surface area contributed by atoms with Crippen molar-refractivity contribution in [2.75, 3.05) is 5.32 Å². The van der Waals surface area contributed by atoms with Gasteiger partial charge in [-0.25, -0.2) is 4.79 Å². The number of anilines is 1. The van der Waals surface area contributed by atoms with Gasteiger partial charge in [0, 0.05) is 17.0 Å². The maximum Gasteiger partial charge on any atom is 0.328 e. The summed E-state index contributed by atoms with van der Waals surface area (Å²) in [6.07, 6.45) is 1.72. The van der Waals surface area contributed by atoms with Crippen LogP contribution >= 0.6 is 12.6 Å². The molecule has 1 amide bonds. The molecule has 0 bridgehead atoms. The fourth-order valence-corrected chi connectivity index (χ4v) is 1.12. The number of thiol groups is 1. The first-order chi connectivity index (χ1) is 7.09. The van der Waals surface area contributed by atoms with Gasteiger partial charge in [0.15, 0.2) is 0 Å².